The van der Waals surface area contributed by atoms with Crippen LogP contribution in [0.4, 0.5) is 4.79 Å². The lowest BCUT2D eigenvalue weighted by atomic mass is 10.2. The number of hydrogen-bond donors (Lipinski definition) is 1. The summed E-state index contributed by atoms with van der Waals surface area (Å²) < 4.78 is 0. The SMILES string of the molecule is CC(C)N1CCN(C(N)=O)CC1. The molecule has 0 aromatic rings. The van der Waals surface area contributed by atoms with E-state index in [4.69, 9.17) is 5.73 Å². The molecular formula is C8H17N3O. The van der Waals surface area contributed by atoms with E-state index in [9.17, 15) is 4.79 Å². The van der Waals surface area contributed by atoms with Crippen LogP contribution in [0.2, 0.25) is 0 Å². The van der Waals surface area contributed by atoms with Gasteiger partial charge in [0.1, 0.15) is 0 Å². The molecule has 1 heterocycles. The molecule has 4 heteroatoms. The third-order valence-electron chi connectivity index (χ3n) is 2.36. The molecule has 0 aromatic heterocycles. The fourth-order valence-corrected chi connectivity index (χ4v) is 1.46. The predicted molar refractivity (Wildman–Crippen MR) is 47.9 cm³/mol. The van der Waals surface area contributed by atoms with E-state index in [0.29, 0.717) is 6.04 Å². The van der Waals surface area contributed by atoms with Gasteiger partial charge in [0, 0.05) is 32.2 Å². The second-order valence-corrected chi connectivity index (χ2v) is 3.46. The topological polar surface area (TPSA) is 49.6 Å². The Morgan fingerprint density at radius 2 is 1.75 bits per heavy atom. The van der Waals surface area contributed by atoms with Crippen LogP contribution in [0.3, 0.4) is 0 Å². The monoisotopic (exact) mass is 171 g/mol. The van der Waals surface area contributed by atoms with Crippen molar-refractivity contribution in [2.45, 2.75) is 19.9 Å². The molecule has 1 fully saturated rings. The molecule has 1 saturated heterocycles. The van der Waals surface area contributed by atoms with Crippen LogP contribution in [0.1, 0.15) is 13.8 Å². The highest BCUT2D eigenvalue weighted by molar-refractivity contribution is 5.72. The normalized spacial score (nSPS) is 20.1. The number of nitrogens with zero attached hydrogens (tertiary/aromatic N) is 2. The molecule has 2 N–H and O–H groups in total. The van der Waals surface area contributed by atoms with Crippen LogP contribution >= 0.6 is 0 Å². The summed E-state index contributed by atoms with van der Waals surface area (Å²) in [6.07, 6.45) is 0. The molecule has 0 spiro atoms. The molecule has 0 atom stereocenters. The molecule has 70 valence electrons. The summed E-state index contributed by atoms with van der Waals surface area (Å²) in [6.45, 7) is 7.77. The Morgan fingerprint density at radius 1 is 1.25 bits per heavy atom. The van der Waals surface area contributed by atoms with Crippen LogP contribution in [-0.4, -0.2) is 48.1 Å². The Hall–Kier alpha value is -0.770. The zero-order valence-corrected chi connectivity index (χ0v) is 7.79. The average Bonchev–Trinajstić information content (AvgIpc) is 2.04. The molecule has 4 nitrogen and oxygen atoms in total. The molecule has 0 aromatic carbocycles. The highest BCUT2D eigenvalue weighted by atomic mass is 16.2. The third-order valence-corrected chi connectivity index (χ3v) is 2.36. The summed E-state index contributed by atoms with van der Waals surface area (Å²) in [7, 11) is 0. The molecule has 1 rings (SSSR count). The largest absolute Gasteiger partial charge is 0.351 e. The predicted octanol–water partition coefficient (Wildman–Crippen LogP) is 0.0911. The van der Waals surface area contributed by atoms with Gasteiger partial charge in [0.05, 0.1) is 0 Å². The van der Waals surface area contributed by atoms with Gasteiger partial charge in [0.15, 0.2) is 0 Å². The van der Waals surface area contributed by atoms with Crippen LogP contribution in [0, 0.1) is 0 Å². The Kier molecular flexibility index (Phi) is 2.92. The molecule has 1 aliphatic rings. The molecule has 0 saturated carbocycles. The summed E-state index contributed by atoms with van der Waals surface area (Å²) >= 11 is 0. The molecular weight excluding hydrogens is 154 g/mol. The van der Waals surface area contributed by atoms with Gasteiger partial charge in [-0.1, -0.05) is 0 Å². The van der Waals surface area contributed by atoms with Gasteiger partial charge in [0.25, 0.3) is 0 Å². The van der Waals surface area contributed by atoms with Crippen molar-refractivity contribution < 1.29 is 4.79 Å². The summed E-state index contributed by atoms with van der Waals surface area (Å²) in [5.74, 6) is 0. The molecule has 12 heavy (non-hydrogen) atoms. The average molecular weight is 171 g/mol. The summed E-state index contributed by atoms with van der Waals surface area (Å²) in [5.41, 5.74) is 5.16. The number of nitrogens with two attached hydrogens (primary N) is 1. The summed E-state index contributed by atoms with van der Waals surface area (Å²) in [4.78, 5) is 14.8. The summed E-state index contributed by atoms with van der Waals surface area (Å²) in [5, 5.41) is 0. The van der Waals surface area contributed by atoms with Crippen LogP contribution in [0.25, 0.3) is 0 Å². The zero-order valence-electron chi connectivity index (χ0n) is 7.79. The summed E-state index contributed by atoms with van der Waals surface area (Å²) in [6, 6.07) is 0.276. The van der Waals surface area contributed by atoms with Crippen molar-refractivity contribution in [3.63, 3.8) is 0 Å². The van der Waals surface area contributed by atoms with Crippen LogP contribution in [-0.2, 0) is 0 Å². The first-order valence-electron chi connectivity index (χ1n) is 4.39. The quantitative estimate of drug-likeness (QED) is 0.608. The number of carbonyl (C=O) groups is 1. The third kappa shape index (κ3) is 2.11. The van der Waals surface area contributed by atoms with Crippen molar-refractivity contribution >= 4 is 6.03 Å². The number of urea groups is 1. The Bertz CT molecular complexity index is 162. The molecule has 0 radical (unpaired) electrons. The number of rotatable bonds is 1. The number of primary amides is 1. The highest BCUT2D eigenvalue weighted by Gasteiger charge is 2.20. The first kappa shape index (κ1) is 9.32. The smallest absolute Gasteiger partial charge is 0.314 e. The Labute approximate surface area is 73.3 Å². The molecule has 0 aliphatic carbocycles. The fraction of sp³-hybridized carbons (Fsp3) is 0.875. The van der Waals surface area contributed by atoms with Crippen molar-refractivity contribution in [2.24, 2.45) is 5.73 Å². The van der Waals surface area contributed by atoms with E-state index >= 15 is 0 Å². The lowest BCUT2D eigenvalue weighted by molar-refractivity contribution is 0.123. The second kappa shape index (κ2) is 3.76. The minimum Gasteiger partial charge on any atom is -0.351 e. The van der Waals surface area contributed by atoms with Crippen molar-refractivity contribution in [2.75, 3.05) is 26.2 Å². The number of hydrogen-bond acceptors (Lipinski definition) is 2. The highest BCUT2D eigenvalue weighted by Crippen LogP contribution is 2.04. The maximum Gasteiger partial charge on any atom is 0.314 e. The standard InChI is InChI=1S/C8H17N3O/c1-7(2)10-3-5-11(6-4-10)8(9)12/h7H,3-6H2,1-2H3,(H2,9,12). The van der Waals surface area contributed by atoms with Gasteiger partial charge in [-0.15, -0.1) is 0 Å². The molecule has 1 aliphatic heterocycles. The van der Waals surface area contributed by atoms with Gasteiger partial charge in [-0.3, -0.25) is 4.90 Å². The van der Waals surface area contributed by atoms with Gasteiger partial charge >= 0.3 is 6.03 Å². The van der Waals surface area contributed by atoms with E-state index in [-0.39, 0.29) is 6.03 Å². The van der Waals surface area contributed by atoms with Crippen molar-refractivity contribution in [1.82, 2.24) is 9.80 Å². The van der Waals surface area contributed by atoms with Gasteiger partial charge in [-0.2, -0.15) is 0 Å². The number of amides is 2. The van der Waals surface area contributed by atoms with Crippen molar-refractivity contribution in [3.8, 4) is 0 Å². The van der Waals surface area contributed by atoms with Gasteiger partial charge in [-0.05, 0) is 13.8 Å². The van der Waals surface area contributed by atoms with Crippen LogP contribution in [0.5, 0.6) is 0 Å². The molecule has 0 bridgehead atoms. The number of piperazine rings is 1. The lowest BCUT2D eigenvalue weighted by Crippen LogP contribution is -2.52. The van der Waals surface area contributed by atoms with Gasteiger partial charge in [0.2, 0.25) is 0 Å². The first-order valence-corrected chi connectivity index (χ1v) is 4.39. The van der Waals surface area contributed by atoms with E-state index in [1.807, 2.05) is 0 Å². The van der Waals surface area contributed by atoms with E-state index in [0.717, 1.165) is 26.2 Å². The van der Waals surface area contributed by atoms with Gasteiger partial charge in [-0.25, -0.2) is 4.79 Å². The van der Waals surface area contributed by atoms with Gasteiger partial charge < -0.3 is 10.6 Å². The molecule has 2 amide bonds. The van der Waals surface area contributed by atoms with Crippen LogP contribution in [0.15, 0.2) is 0 Å². The zero-order chi connectivity index (χ0) is 9.14. The Balaban J connectivity index is 2.34. The van der Waals surface area contributed by atoms with Crippen molar-refractivity contribution in [3.05, 3.63) is 0 Å². The maximum atomic E-state index is 10.8. The minimum atomic E-state index is -0.293. The van der Waals surface area contributed by atoms with E-state index in [2.05, 4.69) is 18.7 Å². The Morgan fingerprint density at radius 3 is 2.08 bits per heavy atom. The fourth-order valence-electron chi connectivity index (χ4n) is 1.46. The van der Waals surface area contributed by atoms with Crippen LogP contribution < -0.4 is 5.73 Å². The second-order valence-electron chi connectivity index (χ2n) is 3.46. The minimum absolute atomic E-state index is 0.293. The molecule has 0 unspecified atom stereocenters. The van der Waals surface area contributed by atoms with E-state index in [1.165, 1.54) is 0 Å². The number of carbonyl (C=O) groups excluding carboxylic acids is 1. The maximum absolute atomic E-state index is 10.8. The van der Waals surface area contributed by atoms with E-state index < -0.39 is 0 Å². The first-order chi connectivity index (χ1) is 5.61. The lowest BCUT2D eigenvalue weighted by Gasteiger charge is -2.35. The van der Waals surface area contributed by atoms with Crippen molar-refractivity contribution in [1.29, 1.82) is 0 Å². The van der Waals surface area contributed by atoms with E-state index in [1.54, 1.807) is 4.90 Å².